The molecule has 0 saturated heterocycles. The fourth-order valence-electron chi connectivity index (χ4n) is 2.81. The number of carbonyl (C=O) groups excluding carboxylic acids is 1. The lowest BCUT2D eigenvalue weighted by atomic mass is 9.87. The molecular formula is C21H28FN3O3S. The van der Waals surface area contributed by atoms with Crippen LogP contribution in [0.4, 0.5) is 20.6 Å². The van der Waals surface area contributed by atoms with Crippen molar-refractivity contribution in [1.82, 2.24) is 4.90 Å². The Kier molecular flexibility index (Phi) is 6.57. The van der Waals surface area contributed by atoms with E-state index in [2.05, 4.69) is 30.8 Å². The summed E-state index contributed by atoms with van der Waals surface area (Å²) in [6.45, 7) is 8.37. The number of hydrogen-bond acceptors (Lipinski definition) is 3. The molecule has 2 amide bonds. The highest BCUT2D eigenvalue weighted by Gasteiger charge is 2.16. The van der Waals surface area contributed by atoms with Crippen LogP contribution in [0.1, 0.15) is 37.5 Å². The zero-order valence-corrected chi connectivity index (χ0v) is 18.4. The molecule has 0 spiro atoms. The Balaban J connectivity index is 2.07. The molecule has 158 valence electrons. The standard InChI is InChI=1S/C21H28FN3O3S/c1-14-11-17(12-18(22)19(14)24-29(6,27)28)23-20(26)25(5)13-15-7-9-16(10-8-15)21(2,3)4/h7-12,24H,13H2,1-6H3,(H,23,26). The molecule has 8 heteroatoms. The predicted octanol–water partition coefficient (Wildman–Crippen LogP) is 4.47. The Hall–Kier alpha value is -2.61. The van der Waals surface area contributed by atoms with Crippen LogP contribution in [0.3, 0.4) is 0 Å². The highest BCUT2D eigenvalue weighted by molar-refractivity contribution is 7.92. The van der Waals surface area contributed by atoms with Gasteiger partial charge in [0.05, 0.1) is 11.9 Å². The number of hydrogen-bond donors (Lipinski definition) is 2. The first-order valence-electron chi connectivity index (χ1n) is 9.16. The molecule has 0 unspecified atom stereocenters. The summed E-state index contributed by atoms with van der Waals surface area (Å²) < 4.78 is 39.1. The minimum Gasteiger partial charge on any atom is -0.323 e. The van der Waals surface area contributed by atoms with Gasteiger partial charge in [-0.25, -0.2) is 17.6 Å². The van der Waals surface area contributed by atoms with Gasteiger partial charge in [0.2, 0.25) is 10.0 Å². The van der Waals surface area contributed by atoms with Gasteiger partial charge in [0, 0.05) is 19.3 Å². The summed E-state index contributed by atoms with van der Waals surface area (Å²) in [6, 6.07) is 10.3. The van der Waals surface area contributed by atoms with Crippen LogP contribution in [0, 0.1) is 12.7 Å². The maximum absolute atomic E-state index is 14.3. The molecule has 29 heavy (non-hydrogen) atoms. The average molecular weight is 422 g/mol. The number of sulfonamides is 1. The normalized spacial score (nSPS) is 11.8. The van der Waals surface area contributed by atoms with Gasteiger partial charge in [-0.15, -0.1) is 0 Å². The Morgan fingerprint density at radius 3 is 2.21 bits per heavy atom. The zero-order valence-electron chi connectivity index (χ0n) is 17.6. The van der Waals surface area contributed by atoms with E-state index in [-0.39, 0.29) is 16.8 Å². The molecule has 0 radical (unpaired) electrons. The van der Waals surface area contributed by atoms with Gasteiger partial charge in [-0.05, 0) is 41.2 Å². The molecule has 0 aliphatic heterocycles. The van der Waals surface area contributed by atoms with E-state index in [9.17, 15) is 17.6 Å². The largest absolute Gasteiger partial charge is 0.323 e. The Morgan fingerprint density at radius 1 is 1.14 bits per heavy atom. The van der Waals surface area contributed by atoms with Crippen molar-refractivity contribution in [2.24, 2.45) is 0 Å². The number of anilines is 2. The van der Waals surface area contributed by atoms with Crippen LogP contribution >= 0.6 is 0 Å². The van der Waals surface area contributed by atoms with Gasteiger partial charge in [0.1, 0.15) is 5.82 Å². The van der Waals surface area contributed by atoms with Crippen molar-refractivity contribution in [2.45, 2.75) is 39.7 Å². The van der Waals surface area contributed by atoms with Crippen molar-refractivity contribution < 1.29 is 17.6 Å². The minimum atomic E-state index is -3.60. The molecule has 2 aromatic carbocycles. The first kappa shape index (κ1) is 22.7. The number of urea groups is 1. The van der Waals surface area contributed by atoms with Crippen molar-refractivity contribution >= 4 is 27.4 Å². The monoisotopic (exact) mass is 421 g/mol. The van der Waals surface area contributed by atoms with Crippen LogP contribution in [0.5, 0.6) is 0 Å². The lowest BCUT2D eigenvalue weighted by Gasteiger charge is -2.21. The first-order chi connectivity index (χ1) is 13.3. The highest BCUT2D eigenvalue weighted by atomic mass is 32.2. The molecule has 0 aliphatic carbocycles. The first-order valence-corrected chi connectivity index (χ1v) is 11.0. The Labute approximate surface area is 172 Å². The summed E-state index contributed by atoms with van der Waals surface area (Å²) in [7, 11) is -1.96. The Bertz CT molecular complexity index is 974. The van der Waals surface area contributed by atoms with Crippen LogP contribution in [0.15, 0.2) is 36.4 Å². The molecule has 0 aromatic heterocycles. The molecular weight excluding hydrogens is 393 g/mol. The van der Waals surface area contributed by atoms with Crippen molar-refractivity contribution in [2.75, 3.05) is 23.3 Å². The van der Waals surface area contributed by atoms with E-state index in [1.165, 1.54) is 16.5 Å². The second-order valence-electron chi connectivity index (χ2n) is 8.26. The SMILES string of the molecule is Cc1cc(NC(=O)N(C)Cc2ccc(C(C)(C)C)cc2)cc(F)c1NS(C)(=O)=O. The number of amides is 2. The fourth-order valence-corrected chi connectivity index (χ4v) is 3.43. The van der Waals surface area contributed by atoms with E-state index in [0.29, 0.717) is 12.1 Å². The fraction of sp³-hybridized carbons (Fsp3) is 0.381. The predicted molar refractivity (Wildman–Crippen MR) is 115 cm³/mol. The molecule has 2 N–H and O–H groups in total. The van der Waals surface area contributed by atoms with Gasteiger partial charge in [0.15, 0.2) is 0 Å². The van der Waals surface area contributed by atoms with E-state index < -0.39 is 21.9 Å². The number of nitrogens with zero attached hydrogens (tertiary/aromatic N) is 1. The average Bonchev–Trinajstić information content (AvgIpc) is 2.57. The van der Waals surface area contributed by atoms with Gasteiger partial charge >= 0.3 is 6.03 Å². The van der Waals surface area contributed by atoms with Crippen LogP contribution < -0.4 is 10.0 Å². The summed E-state index contributed by atoms with van der Waals surface area (Å²) in [4.78, 5) is 13.9. The van der Waals surface area contributed by atoms with Crippen molar-refractivity contribution in [3.8, 4) is 0 Å². The van der Waals surface area contributed by atoms with E-state index in [4.69, 9.17) is 0 Å². The number of halogens is 1. The van der Waals surface area contributed by atoms with Gasteiger partial charge in [-0.2, -0.15) is 0 Å². The Morgan fingerprint density at radius 2 is 1.72 bits per heavy atom. The molecule has 2 aromatic rings. The van der Waals surface area contributed by atoms with Gasteiger partial charge < -0.3 is 10.2 Å². The summed E-state index contributed by atoms with van der Waals surface area (Å²) >= 11 is 0. The number of rotatable bonds is 5. The van der Waals surface area contributed by atoms with E-state index in [1.54, 1.807) is 14.0 Å². The lowest BCUT2D eigenvalue weighted by molar-refractivity contribution is 0.220. The van der Waals surface area contributed by atoms with Crippen molar-refractivity contribution in [3.63, 3.8) is 0 Å². The lowest BCUT2D eigenvalue weighted by Crippen LogP contribution is -2.31. The number of nitrogens with one attached hydrogen (secondary N) is 2. The summed E-state index contributed by atoms with van der Waals surface area (Å²) in [5.41, 5.74) is 2.73. The van der Waals surface area contributed by atoms with Gasteiger partial charge in [-0.1, -0.05) is 45.0 Å². The van der Waals surface area contributed by atoms with Crippen LogP contribution in [0.25, 0.3) is 0 Å². The van der Waals surface area contributed by atoms with Crippen molar-refractivity contribution in [1.29, 1.82) is 0 Å². The van der Waals surface area contributed by atoms with Crippen LogP contribution in [-0.4, -0.2) is 32.7 Å². The van der Waals surface area contributed by atoms with Crippen LogP contribution in [0.2, 0.25) is 0 Å². The quantitative estimate of drug-likeness (QED) is 0.748. The molecule has 0 heterocycles. The molecule has 6 nitrogen and oxygen atoms in total. The third-order valence-corrected chi connectivity index (χ3v) is 4.99. The third-order valence-electron chi connectivity index (χ3n) is 4.41. The summed E-state index contributed by atoms with van der Waals surface area (Å²) in [5, 5.41) is 2.64. The van der Waals surface area contributed by atoms with E-state index in [1.807, 2.05) is 24.3 Å². The number of aryl methyl sites for hydroxylation is 1. The van der Waals surface area contributed by atoms with E-state index >= 15 is 0 Å². The van der Waals surface area contributed by atoms with Crippen molar-refractivity contribution in [3.05, 3.63) is 58.9 Å². The second kappa shape index (κ2) is 8.41. The molecule has 0 aliphatic rings. The minimum absolute atomic E-state index is 0.0574. The molecule has 0 fully saturated rings. The molecule has 0 atom stereocenters. The maximum atomic E-state index is 14.3. The summed E-state index contributed by atoms with van der Waals surface area (Å²) in [6.07, 6.45) is 0.949. The topological polar surface area (TPSA) is 78.5 Å². The van der Waals surface area contributed by atoms with Gasteiger partial charge in [0.25, 0.3) is 0 Å². The van der Waals surface area contributed by atoms with Gasteiger partial charge in [-0.3, -0.25) is 4.72 Å². The molecule has 0 saturated carbocycles. The second-order valence-corrected chi connectivity index (χ2v) is 10.0. The van der Waals surface area contributed by atoms with E-state index in [0.717, 1.165) is 17.9 Å². The highest BCUT2D eigenvalue weighted by Crippen LogP contribution is 2.25. The third kappa shape index (κ3) is 6.45. The number of benzene rings is 2. The van der Waals surface area contributed by atoms with Crippen LogP contribution in [-0.2, 0) is 22.0 Å². The smallest absolute Gasteiger partial charge is 0.321 e. The number of carbonyl (C=O) groups is 1. The molecule has 0 bridgehead atoms. The maximum Gasteiger partial charge on any atom is 0.321 e. The molecule has 2 rings (SSSR count). The summed E-state index contributed by atoms with van der Waals surface area (Å²) in [5.74, 6) is -0.758. The zero-order chi connectivity index (χ0) is 22.0.